The summed E-state index contributed by atoms with van der Waals surface area (Å²) in [6, 6.07) is 7.98. The number of hydrogen-bond donors (Lipinski definition) is 1. The smallest absolute Gasteiger partial charge is 0.244 e. The fourth-order valence-corrected chi connectivity index (χ4v) is 3.85. The highest BCUT2D eigenvalue weighted by atomic mass is 32.2. The van der Waals surface area contributed by atoms with Gasteiger partial charge in [-0.1, -0.05) is 45.0 Å². The zero-order valence-corrected chi connectivity index (χ0v) is 15.7. The van der Waals surface area contributed by atoms with Crippen molar-refractivity contribution in [1.29, 1.82) is 0 Å². The largest absolute Gasteiger partial charge is 0.272 e. The van der Waals surface area contributed by atoms with E-state index in [1.54, 1.807) is 10.9 Å². The highest BCUT2D eigenvalue weighted by Crippen LogP contribution is 2.24. The van der Waals surface area contributed by atoms with Crippen molar-refractivity contribution in [2.75, 3.05) is 0 Å². The maximum Gasteiger partial charge on any atom is 0.244 e. The maximum absolute atomic E-state index is 12.6. The lowest BCUT2D eigenvalue weighted by atomic mass is 9.96. The predicted octanol–water partition coefficient (Wildman–Crippen LogP) is 3.85. The van der Waals surface area contributed by atoms with Gasteiger partial charge in [0, 0.05) is 18.8 Å². The van der Waals surface area contributed by atoms with Gasteiger partial charge in [-0.25, -0.2) is 13.1 Å². The van der Waals surface area contributed by atoms with Crippen LogP contribution >= 0.6 is 0 Å². The van der Waals surface area contributed by atoms with Crippen LogP contribution in [0.2, 0.25) is 0 Å². The number of rotatable bonds is 8. The summed E-state index contributed by atoms with van der Waals surface area (Å²) in [6.45, 7) is 8.90. The van der Waals surface area contributed by atoms with Crippen molar-refractivity contribution in [3.05, 3.63) is 47.8 Å². The molecule has 0 aliphatic heterocycles. The number of nitrogens with one attached hydrogen (secondary N) is 1. The van der Waals surface area contributed by atoms with E-state index in [1.165, 1.54) is 11.8 Å². The average molecular weight is 350 g/mol. The van der Waals surface area contributed by atoms with Gasteiger partial charge in [-0.3, -0.25) is 4.68 Å². The van der Waals surface area contributed by atoms with Crippen molar-refractivity contribution >= 4 is 10.0 Å². The molecule has 0 aliphatic rings. The van der Waals surface area contributed by atoms with Crippen LogP contribution < -0.4 is 4.72 Å². The molecule has 0 saturated heterocycles. The van der Waals surface area contributed by atoms with Crippen LogP contribution in [0.15, 0.2) is 41.6 Å². The molecule has 6 heteroatoms. The molecule has 0 amide bonds. The number of aromatic nitrogens is 2. The SMILES string of the molecule is CC[C@@H](C)c1ccc([C@@H](CC)NS(=O)(=O)c2cnn(CC)c2)cc1. The molecule has 2 aromatic rings. The number of aryl methyl sites for hydroxylation is 1. The van der Waals surface area contributed by atoms with Gasteiger partial charge in [-0.15, -0.1) is 0 Å². The lowest BCUT2D eigenvalue weighted by Gasteiger charge is -2.18. The Hall–Kier alpha value is -1.66. The molecule has 1 N–H and O–H groups in total. The van der Waals surface area contributed by atoms with Crippen molar-refractivity contribution in [2.45, 2.75) is 63.9 Å². The van der Waals surface area contributed by atoms with Crippen LogP contribution in [-0.4, -0.2) is 18.2 Å². The zero-order valence-electron chi connectivity index (χ0n) is 14.9. The molecule has 1 aromatic carbocycles. The van der Waals surface area contributed by atoms with E-state index in [9.17, 15) is 8.42 Å². The summed E-state index contributed by atoms with van der Waals surface area (Å²) >= 11 is 0. The van der Waals surface area contributed by atoms with Crippen molar-refractivity contribution < 1.29 is 8.42 Å². The molecule has 132 valence electrons. The summed E-state index contributed by atoms with van der Waals surface area (Å²) in [4.78, 5) is 0.207. The third-order valence-corrected chi connectivity index (χ3v) is 5.90. The normalized spacial score (nSPS) is 14.5. The summed E-state index contributed by atoms with van der Waals surface area (Å²) in [6.07, 6.45) is 4.72. The topological polar surface area (TPSA) is 64.0 Å². The van der Waals surface area contributed by atoms with Gasteiger partial charge in [-0.2, -0.15) is 5.10 Å². The van der Waals surface area contributed by atoms with E-state index in [2.05, 4.69) is 35.8 Å². The van der Waals surface area contributed by atoms with Gasteiger partial charge in [0.2, 0.25) is 10.0 Å². The second-order valence-corrected chi connectivity index (χ2v) is 7.80. The van der Waals surface area contributed by atoms with Gasteiger partial charge >= 0.3 is 0 Å². The minimum absolute atomic E-state index is 0.207. The number of hydrogen-bond acceptors (Lipinski definition) is 3. The van der Waals surface area contributed by atoms with E-state index >= 15 is 0 Å². The Balaban J connectivity index is 2.19. The number of nitrogens with zero attached hydrogens (tertiary/aromatic N) is 2. The van der Waals surface area contributed by atoms with Crippen LogP contribution in [-0.2, 0) is 16.6 Å². The minimum Gasteiger partial charge on any atom is -0.272 e. The third-order valence-electron chi connectivity index (χ3n) is 4.47. The molecule has 1 heterocycles. The van der Waals surface area contributed by atoms with Gasteiger partial charge in [0.15, 0.2) is 0 Å². The average Bonchev–Trinajstić information content (AvgIpc) is 3.09. The summed E-state index contributed by atoms with van der Waals surface area (Å²) in [5, 5.41) is 4.04. The van der Waals surface area contributed by atoms with Gasteiger partial charge in [0.25, 0.3) is 0 Å². The Kier molecular flexibility index (Phi) is 6.18. The van der Waals surface area contributed by atoms with E-state index in [-0.39, 0.29) is 10.9 Å². The molecule has 0 fully saturated rings. The van der Waals surface area contributed by atoms with Crippen LogP contribution in [0.3, 0.4) is 0 Å². The van der Waals surface area contributed by atoms with E-state index in [4.69, 9.17) is 0 Å². The summed E-state index contributed by atoms with van der Waals surface area (Å²) in [7, 11) is -3.57. The molecule has 0 aliphatic carbocycles. The molecule has 2 rings (SSSR count). The maximum atomic E-state index is 12.6. The fraction of sp³-hybridized carbons (Fsp3) is 0.500. The Labute approximate surface area is 145 Å². The molecule has 2 atom stereocenters. The van der Waals surface area contributed by atoms with Gasteiger partial charge in [0.05, 0.1) is 6.20 Å². The first-order valence-corrected chi connectivity index (χ1v) is 10.0. The van der Waals surface area contributed by atoms with Crippen molar-refractivity contribution in [1.82, 2.24) is 14.5 Å². The molecule has 0 radical (unpaired) electrons. The molecule has 0 unspecified atom stereocenters. The minimum atomic E-state index is -3.57. The molecule has 1 aromatic heterocycles. The first-order valence-electron chi connectivity index (χ1n) is 8.55. The van der Waals surface area contributed by atoms with Gasteiger partial charge in [0.1, 0.15) is 4.90 Å². The molecule has 0 bridgehead atoms. The van der Waals surface area contributed by atoms with Crippen LogP contribution in [0.25, 0.3) is 0 Å². The summed E-state index contributed by atoms with van der Waals surface area (Å²) < 4.78 is 29.5. The highest BCUT2D eigenvalue weighted by Gasteiger charge is 2.22. The first-order chi connectivity index (χ1) is 11.4. The quantitative estimate of drug-likeness (QED) is 0.787. The zero-order chi connectivity index (χ0) is 17.7. The predicted molar refractivity (Wildman–Crippen MR) is 96.4 cm³/mol. The van der Waals surface area contributed by atoms with E-state index in [1.807, 2.05) is 26.0 Å². The van der Waals surface area contributed by atoms with E-state index in [0.717, 1.165) is 12.0 Å². The van der Waals surface area contributed by atoms with E-state index < -0.39 is 10.0 Å². The number of sulfonamides is 1. The van der Waals surface area contributed by atoms with Crippen LogP contribution in [0.1, 0.15) is 63.6 Å². The van der Waals surface area contributed by atoms with Crippen molar-refractivity contribution in [3.63, 3.8) is 0 Å². The molecule has 5 nitrogen and oxygen atoms in total. The van der Waals surface area contributed by atoms with Gasteiger partial charge in [-0.05, 0) is 36.8 Å². The molecule has 0 spiro atoms. The van der Waals surface area contributed by atoms with Crippen molar-refractivity contribution in [2.24, 2.45) is 0 Å². The number of benzene rings is 1. The lowest BCUT2D eigenvalue weighted by molar-refractivity contribution is 0.549. The summed E-state index contributed by atoms with van der Waals surface area (Å²) in [5.74, 6) is 0.510. The molecular formula is C18H27N3O2S. The standard InChI is InChI=1S/C18H27N3O2S/c1-5-14(4)15-8-10-16(11-9-15)18(6-2)20-24(22,23)17-12-19-21(7-3)13-17/h8-14,18,20H,5-7H2,1-4H3/t14-,18-/m1/s1. The summed E-state index contributed by atoms with van der Waals surface area (Å²) in [5.41, 5.74) is 2.26. The fourth-order valence-electron chi connectivity index (χ4n) is 2.59. The van der Waals surface area contributed by atoms with E-state index in [0.29, 0.717) is 18.9 Å². The second-order valence-electron chi connectivity index (χ2n) is 6.09. The Morgan fingerprint density at radius 2 is 1.71 bits per heavy atom. The highest BCUT2D eigenvalue weighted by molar-refractivity contribution is 7.89. The lowest BCUT2D eigenvalue weighted by Crippen LogP contribution is -2.28. The van der Waals surface area contributed by atoms with Crippen LogP contribution in [0.5, 0.6) is 0 Å². The van der Waals surface area contributed by atoms with Crippen molar-refractivity contribution in [3.8, 4) is 0 Å². The Morgan fingerprint density at radius 3 is 2.21 bits per heavy atom. The monoisotopic (exact) mass is 349 g/mol. The Bertz CT molecular complexity index is 751. The third kappa shape index (κ3) is 4.24. The van der Waals surface area contributed by atoms with Gasteiger partial charge < -0.3 is 0 Å². The molecule has 24 heavy (non-hydrogen) atoms. The second kappa shape index (κ2) is 7.94. The molecule has 0 saturated carbocycles. The van der Waals surface area contributed by atoms with Crippen LogP contribution in [0.4, 0.5) is 0 Å². The van der Waals surface area contributed by atoms with Crippen LogP contribution in [0, 0.1) is 0 Å². The molecular weight excluding hydrogens is 322 g/mol. The first kappa shape index (κ1) is 18.7. The Morgan fingerprint density at radius 1 is 1.08 bits per heavy atom.